The van der Waals surface area contributed by atoms with Crippen LogP contribution in [0.15, 0.2) is 18.2 Å². The van der Waals surface area contributed by atoms with Gasteiger partial charge in [-0.3, -0.25) is 0 Å². The Balaban J connectivity index is 2.10. The zero-order valence-corrected chi connectivity index (χ0v) is 11.2. The van der Waals surface area contributed by atoms with E-state index in [0.29, 0.717) is 5.92 Å². The van der Waals surface area contributed by atoms with E-state index in [4.69, 9.17) is 5.73 Å². The molecule has 1 aliphatic rings. The topological polar surface area (TPSA) is 26.0 Å². The Kier molecular flexibility index (Phi) is 4.09. The Morgan fingerprint density at radius 3 is 2.29 bits per heavy atom. The predicted octanol–water partition coefficient (Wildman–Crippen LogP) is 4.65. The summed E-state index contributed by atoms with van der Waals surface area (Å²) in [6.07, 6.45) is 8.14. The molecule has 0 atom stereocenters. The molecule has 1 aromatic carbocycles. The van der Waals surface area contributed by atoms with E-state index in [9.17, 15) is 0 Å². The van der Waals surface area contributed by atoms with Gasteiger partial charge in [-0.05, 0) is 48.8 Å². The third-order valence-corrected chi connectivity index (χ3v) is 4.18. The molecular formula is C16H25N. The van der Waals surface area contributed by atoms with Crippen molar-refractivity contribution in [2.75, 3.05) is 5.73 Å². The van der Waals surface area contributed by atoms with Gasteiger partial charge in [-0.15, -0.1) is 0 Å². The molecule has 0 radical (unpaired) electrons. The van der Waals surface area contributed by atoms with Gasteiger partial charge in [0.1, 0.15) is 0 Å². The molecule has 1 aliphatic carbocycles. The van der Waals surface area contributed by atoms with Gasteiger partial charge in [-0.25, -0.2) is 0 Å². The molecule has 0 saturated heterocycles. The Hall–Kier alpha value is -0.980. The summed E-state index contributed by atoms with van der Waals surface area (Å²) in [6, 6.07) is 6.57. The molecule has 2 rings (SSSR count). The van der Waals surface area contributed by atoms with Crippen LogP contribution in [0.5, 0.6) is 0 Å². The zero-order chi connectivity index (χ0) is 12.3. The molecule has 1 nitrogen and oxygen atoms in total. The minimum absolute atomic E-state index is 0.697. The fourth-order valence-electron chi connectivity index (χ4n) is 3.09. The molecule has 0 amide bonds. The number of nitrogens with two attached hydrogens (primary N) is 1. The van der Waals surface area contributed by atoms with Gasteiger partial charge in [-0.1, -0.05) is 44.7 Å². The predicted molar refractivity (Wildman–Crippen MR) is 75.2 cm³/mol. The van der Waals surface area contributed by atoms with Crippen molar-refractivity contribution in [3.8, 4) is 0 Å². The smallest absolute Gasteiger partial charge is 0.0352 e. The standard InChI is InChI=1S/C16H25N/c1-12-5-3-7-14(8-4-6-12)15-10-9-13(2)11-16(15)17/h9-12,14H,3-8,17H2,1-2H3. The highest BCUT2D eigenvalue weighted by atomic mass is 14.6. The van der Waals surface area contributed by atoms with Gasteiger partial charge in [0.05, 0.1) is 0 Å². The van der Waals surface area contributed by atoms with E-state index in [-0.39, 0.29) is 0 Å². The van der Waals surface area contributed by atoms with E-state index < -0.39 is 0 Å². The van der Waals surface area contributed by atoms with Gasteiger partial charge in [0.15, 0.2) is 0 Å². The SMILES string of the molecule is Cc1ccc(C2CCCC(C)CCC2)c(N)c1. The number of hydrogen-bond acceptors (Lipinski definition) is 1. The molecule has 0 heterocycles. The van der Waals surface area contributed by atoms with Crippen molar-refractivity contribution in [3.05, 3.63) is 29.3 Å². The van der Waals surface area contributed by atoms with Crippen LogP contribution < -0.4 is 5.73 Å². The summed E-state index contributed by atoms with van der Waals surface area (Å²) in [5.74, 6) is 1.62. The van der Waals surface area contributed by atoms with Gasteiger partial charge in [0.2, 0.25) is 0 Å². The van der Waals surface area contributed by atoms with Crippen LogP contribution in [0.25, 0.3) is 0 Å². The summed E-state index contributed by atoms with van der Waals surface area (Å²) in [5, 5.41) is 0. The highest BCUT2D eigenvalue weighted by Crippen LogP contribution is 2.35. The number of anilines is 1. The number of benzene rings is 1. The van der Waals surface area contributed by atoms with E-state index in [1.54, 1.807) is 0 Å². The lowest BCUT2D eigenvalue weighted by Crippen LogP contribution is -2.08. The Morgan fingerprint density at radius 2 is 1.71 bits per heavy atom. The van der Waals surface area contributed by atoms with Crippen molar-refractivity contribution in [2.24, 2.45) is 5.92 Å². The first-order valence-electron chi connectivity index (χ1n) is 7.03. The fraction of sp³-hybridized carbons (Fsp3) is 0.625. The molecule has 1 saturated carbocycles. The molecule has 1 fully saturated rings. The number of hydrogen-bond donors (Lipinski definition) is 1. The van der Waals surface area contributed by atoms with E-state index in [2.05, 4.69) is 32.0 Å². The summed E-state index contributed by atoms with van der Waals surface area (Å²) in [7, 11) is 0. The second-order valence-electron chi connectivity index (χ2n) is 5.80. The van der Waals surface area contributed by atoms with Gasteiger partial charge in [0.25, 0.3) is 0 Å². The molecular weight excluding hydrogens is 206 g/mol. The average Bonchev–Trinajstić information content (AvgIpc) is 2.24. The maximum absolute atomic E-state index is 6.17. The van der Waals surface area contributed by atoms with Crippen LogP contribution in [-0.4, -0.2) is 0 Å². The minimum atomic E-state index is 0.697. The van der Waals surface area contributed by atoms with Crippen LogP contribution >= 0.6 is 0 Å². The summed E-state index contributed by atoms with van der Waals surface area (Å²) in [6.45, 7) is 4.50. The average molecular weight is 231 g/mol. The molecule has 1 aromatic rings. The molecule has 0 unspecified atom stereocenters. The van der Waals surface area contributed by atoms with E-state index in [1.807, 2.05) is 0 Å². The van der Waals surface area contributed by atoms with Crippen molar-refractivity contribution >= 4 is 5.69 Å². The van der Waals surface area contributed by atoms with Crippen LogP contribution in [0.2, 0.25) is 0 Å². The van der Waals surface area contributed by atoms with Crippen molar-refractivity contribution in [1.29, 1.82) is 0 Å². The molecule has 0 spiro atoms. The lowest BCUT2D eigenvalue weighted by Gasteiger charge is -2.24. The fourth-order valence-corrected chi connectivity index (χ4v) is 3.09. The molecule has 17 heavy (non-hydrogen) atoms. The second kappa shape index (κ2) is 5.57. The molecule has 0 aromatic heterocycles. The van der Waals surface area contributed by atoms with Crippen molar-refractivity contribution < 1.29 is 0 Å². The van der Waals surface area contributed by atoms with Gasteiger partial charge in [-0.2, -0.15) is 0 Å². The van der Waals surface area contributed by atoms with Crippen LogP contribution in [-0.2, 0) is 0 Å². The van der Waals surface area contributed by atoms with Crippen LogP contribution in [0, 0.1) is 12.8 Å². The van der Waals surface area contributed by atoms with E-state index in [1.165, 1.54) is 49.7 Å². The Labute approximate surface area is 105 Å². The lowest BCUT2D eigenvalue weighted by atomic mass is 9.82. The highest BCUT2D eigenvalue weighted by molar-refractivity contribution is 5.50. The number of aryl methyl sites for hydroxylation is 1. The first-order chi connectivity index (χ1) is 8.16. The van der Waals surface area contributed by atoms with Gasteiger partial charge >= 0.3 is 0 Å². The summed E-state index contributed by atoms with van der Waals surface area (Å²) < 4.78 is 0. The van der Waals surface area contributed by atoms with Crippen molar-refractivity contribution in [3.63, 3.8) is 0 Å². The molecule has 2 N–H and O–H groups in total. The summed E-state index contributed by atoms with van der Waals surface area (Å²) in [5.41, 5.74) is 9.84. The van der Waals surface area contributed by atoms with Crippen LogP contribution in [0.3, 0.4) is 0 Å². The Morgan fingerprint density at radius 1 is 1.06 bits per heavy atom. The monoisotopic (exact) mass is 231 g/mol. The van der Waals surface area contributed by atoms with Gasteiger partial charge < -0.3 is 5.73 Å². The van der Waals surface area contributed by atoms with E-state index in [0.717, 1.165) is 11.6 Å². The third-order valence-electron chi connectivity index (χ3n) is 4.18. The molecule has 0 aliphatic heterocycles. The second-order valence-corrected chi connectivity index (χ2v) is 5.80. The first kappa shape index (κ1) is 12.5. The quantitative estimate of drug-likeness (QED) is 0.699. The Bertz CT molecular complexity index is 360. The first-order valence-corrected chi connectivity index (χ1v) is 7.03. The number of nitrogen functional groups attached to an aromatic ring is 1. The molecule has 0 bridgehead atoms. The molecule has 94 valence electrons. The maximum Gasteiger partial charge on any atom is 0.0352 e. The zero-order valence-electron chi connectivity index (χ0n) is 11.2. The summed E-state index contributed by atoms with van der Waals surface area (Å²) in [4.78, 5) is 0. The van der Waals surface area contributed by atoms with Gasteiger partial charge in [0, 0.05) is 5.69 Å². The van der Waals surface area contributed by atoms with E-state index >= 15 is 0 Å². The minimum Gasteiger partial charge on any atom is -0.398 e. The van der Waals surface area contributed by atoms with Crippen molar-refractivity contribution in [2.45, 2.75) is 58.3 Å². The highest BCUT2D eigenvalue weighted by Gasteiger charge is 2.17. The van der Waals surface area contributed by atoms with Crippen LogP contribution in [0.1, 0.15) is 62.5 Å². The third kappa shape index (κ3) is 3.24. The normalized spacial score (nSPS) is 26.2. The maximum atomic E-state index is 6.17. The lowest BCUT2D eigenvalue weighted by molar-refractivity contribution is 0.378. The van der Waals surface area contributed by atoms with Crippen LogP contribution in [0.4, 0.5) is 5.69 Å². The molecule has 1 heteroatoms. The van der Waals surface area contributed by atoms with Crippen molar-refractivity contribution in [1.82, 2.24) is 0 Å². The number of rotatable bonds is 1. The summed E-state index contributed by atoms with van der Waals surface area (Å²) >= 11 is 0. The largest absolute Gasteiger partial charge is 0.398 e.